The van der Waals surface area contributed by atoms with Crippen LogP contribution in [0.25, 0.3) is 0 Å². The van der Waals surface area contributed by atoms with E-state index in [2.05, 4.69) is 6.92 Å². The van der Waals surface area contributed by atoms with Crippen molar-refractivity contribution in [3.05, 3.63) is 0 Å². The molecule has 0 radical (unpaired) electrons. The molecule has 0 aromatic heterocycles. The van der Waals surface area contributed by atoms with Crippen LogP contribution in [-0.2, 0) is 9.59 Å². The van der Waals surface area contributed by atoms with Crippen LogP contribution in [0.15, 0.2) is 0 Å². The van der Waals surface area contributed by atoms with Gasteiger partial charge in [-0.25, -0.2) is 0 Å². The van der Waals surface area contributed by atoms with Crippen molar-refractivity contribution in [2.24, 2.45) is 23.2 Å². The SMILES string of the molecule is CCC(CC)(CO)CN1C(=O)C2CC(C)CC2C1=O. The number of imide groups is 1. The molecule has 0 bridgehead atoms. The van der Waals surface area contributed by atoms with Gasteiger partial charge < -0.3 is 5.11 Å². The summed E-state index contributed by atoms with van der Waals surface area (Å²) in [6.45, 7) is 6.54. The number of aliphatic hydroxyl groups is 1. The highest BCUT2D eigenvalue weighted by Gasteiger charge is 2.52. The number of nitrogens with zero attached hydrogens (tertiary/aromatic N) is 1. The van der Waals surface area contributed by atoms with E-state index in [1.54, 1.807) is 0 Å². The van der Waals surface area contributed by atoms with Crippen LogP contribution < -0.4 is 0 Å². The minimum atomic E-state index is -0.324. The summed E-state index contributed by atoms with van der Waals surface area (Å²) < 4.78 is 0. The van der Waals surface area contributed by atoms with Crippen LogP contribution in [-0.4, -0.2) is 35.0 Å². The van der Waals surface area contributed by atoms with Crippen molar-refractivity contribution in [2.45, 2.75) is 46.5 Å². The van der Waals surface area contributed by atoms with Crippen molar-refractivity contribution in [1.29, 1.82) is 0 Å². The number of fused-ring (bicyclic) bond motifs is 1. The van der Waals surface area contributed by atoms with Crippen LogP contribution in [0.5, 0.6) is 0 Å². The van der Waals surface area contributed by atoms with E-state index in [-0.39, 0.29) is 35.7 Å². The first-order valence-corrected chi connectivity index (χ1v) is 7.44. The Morgan fingerprint density at radius 1 is 1.16 bits per heavy atom. The molecule has 1 aliphatic heterocycles. The van der Waals surface area contributed by atoms with E-state index in [1.165, 1.54) is 4.90 Å². The first-order valence-electron chi connectivity index (χ1n) is 7.44. The Bertz CT molecular complexity index is 343. The van der Waals surface area contributed by atoms with Crippen molar-refractivity contribution < 1.29 is 14.7 Å². The number of rotatable bonds is 5. The van der Waals surface area contributed by atoms with Gasteiger partial charge in [-0.3, -0.25) is 14.5 Å². The first-order chi connectivity index (χ1) is 8.98. The molecule has 2 fully saturated rings. The van der Waals surface area contributed by atoms with Crippen LogP contribution in [0.2, 0.25) is 0 Å². The Balaban J connectivity index is 2.15. The van der Waals surface area contributed by atoms with Crippen LogP contribution in [0, 0.1) is 23.2 Å². The number of likely N-dealkylation sites (tertiary alicyclic amines) is 1. The van der Waals surface area contributed by atoms with Gasteiger partial charge in [-0.15, -0.1) is 0 Å². The zero-order valence-electron chi connectivity index (χ0n) is 12.2. The monoisotopic (exact) mass is 267 g/mol. The topological polar surface area (TPSA) is 57.6 Å². The molecule has 1 saturated carbocycles. The highest BCUT2D eigenvalue weighted by molar-refractivity contribution is 6.05. The predicted molar refractivity (Wildman–Crippen MR) is 72.2 cm³/mol. The third-order valence-electron chi connectivity index (χ3n) is 5.29. The highest BCUT2D eigenvalue weighted by Crippen LogP contribution is 2.44. The number of carbonyl (C=O) groups is 2. The molecule has 19 heavy (non-hydrogen) atoms. The number of amides is 2. The second-order valence-corrected chi connectivity index (χ2v) is 6.42. The number of hydrogen-bond donors (Lipinski definition) is 1. The molecule has 0 aromatic rings. The molecule has 1 saturated heterocycles. The molecule has 0 aromatic carbocycles. The van der Waals surface area contributed by atoms with Gasteiger partial charge in [-0.1, -0.05) is 20.8 Å². The lowest BCUT2D eigenvalue weighted by molar-refractivity contribution is -0.143. The van der Waals surface area contributed by atoms with Gasteiger partial charge in [0.25, 0.3) is 0 Å². The summed E-state index contributed by atoms with van der Waals surface area (Å²) in [7, 11) is 0. The Kier molecular flexibility index (Phi) is 4.00. The van der Waals surface area contributed by atoms with Gasteiger partial charge in [0.05, 0.1) is 18.4 Å². The molecule has 2 amide bonds. The molecular weight excluding hydrogens is 242 g/mol. The summed E-state index contributed by atoms with van der Waals surface area (Å²) in [4.78, 5) is 26.2. The van der Waals surface area contributed by atoms with Gasteiger partial charge in [0.2, 0.25) is 11.8 Å². The van der Waals surface area contributed by atoms with Crippen molar-refractivity contribution in [2.75, 3.05) is 13.2 Å². The fourth-order valence-electron chi connectivity index (χ4n) is 3.58. The number of carbonyl (C=O) groups excluding carboxylic acids is 2. The first kappa shape index (κ1) is 14.5. The summed E-state index contributed by atoms with van der Waals surface area (Å²) in [5.74, 6) is 0.295. The molecule has 2 rings (SSSR count). The highest BCUT2D eigenvalue weighted by atomic mass is 16.3. The summed E-state index contributed by atoms with van der Waals surface area (Å²) in [6.07, 6.45) is 3.25. The minimum Gasteiger partial charge on any atom is -0.396 e. The zero-order valence-corrected chi connectivity index (χ0v) is 12.2. The van der Waals surface area contributed by atoms with Crippen molar-refractivity contribution in [1.82, 2.24) is 4.90 Å². The fourth-order valence-corrected chi connectivity index (χ4v) is 3.58. The summed E-state index contributed by atoms with van der Waals surface area (Å²) in [5, 5.41) is 9.61. The standard InChI is InChI=1S/C15H25NO3/c1-4-15(5-2,9-17)8-16-13(18)11-6-10(3)7-12(11)14(16)19/h10-12,17H,4-9H2,1-3H3. The van der Waals surface area contributed by atoms with Gasteiger partial charge in [-0.05, 0) is 31.6 Å². The van der Waals surface area contributed by atoms with Gasteiger partial charge in [0, 0.05) is 12.0 Å². The van der Waals surface area contributed by atoms with E-state index in [4.69, 9.17) is 0 Å². The molecule has 0 spiro atoms. The van der Waals surface area contributed by atoms with Gasteiger partial charge >= 0.3 is 0 Å². The summed E-state index contributed by atoms with van der Waals surface area (Å²) in [6, 6.07) is 0. The average molecular weight is 267 g/mol. The molecule has 1 heterocycles. The third-order valence-corrected chi connectivity index (χ3v) is 5.29. The van der Waals surface area contributed by atoms with Crippen molar-refractivity contribution in [3.63, 3.8) is 0 Å². The van der Waals surface area contributed by atoms with E-state index in [0.717, 1.165) is 25.7 Å². The van der Waals surface area contributed by atoms with E-state index < -0.39 is 0 Å². The van der Waals surface area contributed by atoms with Crippen LogP contribution in [0.4, 0.5) is 0 Å². The van der Waals surface area contributed by atoms with Gasteiger partial charge in [0.15, 0.2) is 0 Å². The molecule has 4 nitrogen and oxygen atoms in total. The summed E-state index contributed by atoms with van der Waals surface area (Å²) >= 11 is 0. The third kappa shape index (κ3) is 2.31. The average Bonchev–Trinajstić information content (AvgIpc) is 2.89. The molecule has 108 valence electrons. The molecular formula is C15H25NO3. The maximum Gasteiger partial charge on any atom is 0.233 e. The van der Waals surface area contributed by atoms with Crippen LogP contribution in [0.1, 0.15) is 46.5 Å². The van der Waals surface area contributed by atoms with E-state index in [1.807, 2.05) is 13.8 Å². The maximum atomic E-state index is 12.4. The minimum absolute atomic E-state index is 0.000856. The smallest absolute Gasteiger partial charge is 0.233 e. The largest absolute Gasteiger partial charge is 0.396 e. The van der Waals surface area contributed by atoms with Crippen molar-refractivity contribution >= 4 is 11.8 Å². The molecule has 1 aliphatic carbocycles. The van der Waals surface area contributed by atoms with Crippen LogP contribution >= 0.6 is 0 Å². The number of hydrogen-bond acceptors (Lipinski definition) is 3. The van der Waals surface area contributed by atoms with Crippen LogP contribution in [0.3, 0.4) is 0 Å². The van der Waals surface area contributed by atoms with E-state index >= 15 is 0 Å². The van der Waals surface area contributed by atoms with Gasteiger partial charge in [-0.2, -0.15) is 0 Å². The quantitative estimate of drug-likeness (QED) is 0.773. The van der Waals surface area contributed by atoms with E-state index in [9.17, 15) is 14.7 Å². The lowest BCUT2D eigenvalue weighted by atomic mass is 9.82. The molecule has 2 atom stereocenters. The Hall–Kier alpha value is -0.900. The molecule has 2 aliphatic rings. The maximum absolute atomic E-state index is 12.4. The van der Waals surface area contributed by atoms with E-state index in [0.29, 0.717) is 12.5 Å². The van der Waals surface area contributed by atoms with Crippen molar-refractivity contribution in [3.8, 4) is 0 Å². The molecule has 1 N–H and O–H groups in total. The Morgan fingerprint density at radius 2 is 1.63 bits per heavy atom. The number of aliphatic hydroxyl groups excluding tert-OH is 1. The lowest BCUT2D eigenvalue weighted by Crippen LogP contribution is -2.43. The second kappa shape index (κ2) is 5.23. The molecule has 2 unspecified atom stereocenters. The normalized spacial score (nSPS) is 31.2. The second-order valence-electron chi connectivity index (χ2n) is 6.42. The lowest BCUT2D eigenvalue weighted by Gasteiger charge is -2.33. The Morgan fingerprint density at radius 3 is 2.00 bits per heavy atom. The molecule has 4 heteroatoms. The zero-order chi connectivity index (χ0) is 14.2. The summed E-state index contributed by atoms with van der Waals surface area (Å²) in [5.41, 5.74) is -0.324. The fraction of sp³-hybridized carbons (Fsp3) is 0.867. The van der Waals surface area contributed by atoms with Gasteiger partial charge in [0.1, 0.15) is 0 Å². The predicted octanol–water partition coefficient (Wildman–Crippen LogP) is 1.82. The Labute approximate surface area is 115 Å².